The van der Waals surface area contributed by atoms with Gasteiger partial charge >= 0.3 is 6.05 Å². The van der Waals surface area contributed by atoms with Crippen LogP contribution < -0.4 is 0 Å². The van der Waals surface area contributed by atoms with Gasteiger partial charge in [-0.05, 0) is 0 Å². The van der Waals surface area contributed by atoms with E-state index in [9.17, 15) is 17.6 Å². The van der Waals surface area contributed by atoms with Crippen LogP contribution in [0.2, 0.25) is 0 Å². The zero-order valence-corrected chi connectivity index (χ0v) is 7.05. The molecule has 1 aliphatic heterocycles. The highest BCUT2D eigenvalue weighted by atomic mass is 19.3. The average Bonchev–Trinajstić information content (AvgIpc) is 2.43. The Morgan fingerprint density at radius 3 is 2.71 bits per heavy atom. The van der Waals surface area contributed by atoms with Crippen molar-refractivity contribution in [1.82, 2.24) is 14.8 Å². The van der Waals surface area contributed by atoms with E-state index in [-0.39, 0.29) is 16.9 Å². The van der Waals surface area contributed by atoms with Gasteiger partial charge in [-0.3, -0.25) is 0 Å². The van der Waals surface area contributed by atoms with Crippen LogP contribution in [-0.2, 0) is 12.5 Å². The molecule has 7 heteroatoms. The summed E-state index contributed by atoms with van der Waals surface area (Å²) in [6.07, 6.45) is -1.34. The molecular formula is C7H7F4N3. The van der Waals surface area contributed by atoms with Gasteiger partial charge in [0.1, 0.15) is 12.2 Å². The van der Waals surface area contributed by atoms with E-state index in [1.807, 2.05) is 0 Å². The molecule has 78 valence electrons. The summed E-state index contributed by atoms with van der Waals surface area (Å²) in [6, 6.07) is -3.65. The first-order valence-corrected chi connectivity index (χ1v) is 4.06. The quantitative estimate of drug-likeness (QED) is 0.610. The molecule has 0 spiro atoms. The predicted octanol–water partition coefficient (Wildman–Crippen LogP) is 1.80. The molecule has 1 aromatic rings. The number of aryl methyl sites for hydroxylation is 1. The molecule has 0 aromatic carbocycles. The maximum Gasteiger partial charge on any atom is 0.350 e. The number of fused-ring (bicyclic) bond motifs is 1. The van der Waals surface area contributed by atoms with Gasteiger partial charge in [-0.1, -0.05) is 0 Å². The third-order valence-electron chi connectivity index (χ3n) is 2.11. The van der Waals surface area contributed by atoms with Crippen LogP contribution in [0.15, 0.2) is 6.33 Å². The first-order valence-electron chi connectivity index (χ1n) is 4.06. The highest BCUT2D eigenvalue weighted by Crippen LogP contribution is 2.39. The molecular weight excluding hydrogens is 202 g/mol. The molecule has 0 N–H and O–H groups in total. The van der Waals surface area contributed by atoms with Gasteiger partial charge in [-0.25, -0.2) is 13.8 Å². The zero-order valence-electron chi connectivity index (χ0n) is 7.05. The van der Waals surface area contributed by atoms with Crippen molar-refractivity contribution in [2.24, 2.45) is 0 Å². The van der Waals surface area contributed by atoms with Crippen LogP contribution in [0, 0.1) is 0 Å². The predicted molar refractivity (Wildman–Crippen MR) is 38.1 cm³/mol. The lowest BCUT2D eigenvalue weighted by molar-refractivity contribution is -0.161. The largest absolute Gasteiger partial charge is 0.350 e. The molecule has 0 aliphatic carbocycles. The van der Waals surface area contributed by atoms with Crippen LogP contribution in [0.3, 0.4) is 0 Å². The van der Waals surface area contributed by atoms with Crippen molar-refractivity contribution in [3.8, 4) is 0 Å². The number of hydrogen-bond acceptors (Lipinski definition) is 2. The smallest absolute Gasteiger partial charge is 0.220 e. The fourth-order valence-corrected chi connectivity index (χ4v) is 1.48. The van der Waals surface area contributed by atoms with E-state index in [2.05, 4.69) is 10.1 Å². The molecule has 0 amide bonds. The standard InChI is InChI=1S/C7H7F4N3/c8-6(9)2-1-5-12-4-13-14(5)7(10,11)3-6/h4H,1-3H2. The molecule has 0 atom stereocenters. The van der Waals surface area contributed by atoms with E-state index < -0.39 is 24.8 Å². The average molecular weight is 209 g/mol. The van der Waals surface area contributed by atoms with E-state index in [4.69, 9.17) is 0 Å². The normalized spacial score (nSPS) is 24.0. The Labute approximate surface area is 76.7 Å². The van der Waals surface area contributed by atoms with Gasteiger partial charge in [0.2, 0.25) is 0 Å². The summed E-state index contributed by atoms with van der Waals surface area (Å²) < 4.78 is 52.3. The van der Waals surface area contributed by atoms with Crippen LogP contribution in [0.5, 0.6) is 0 Å². The van der Waals surface area contributed by atoms with E-state index >= 15 is 0 Å². The van der Waals surface area contributed by atoms with Gasteiger partial charge in [0.25, 0.3) is 5.92 Å². The topological polar surface area (TPSA) is 30.7 Å². The third kappa shape index (κ3) is 1.46. The number of aromatic nitrogens is 3. The van der Waals surface area contributed by atoms with Crippen LogP contribution in [0.4, 0.5) is 17.6 Å². The minimum Gasteiger partial charge on any atom is -0.220 e. The van der Waals surface area contributed by atoms with E-state index in [0.29, 0.717) is 0 Å². The van der Waals surface area contributed by atoms with Crippen molar-refractivity contribution in [3.63, 3.8) is 0 Å². The van der Waals surface area contributed by atoms with Crippen LogP contribution in [-0.4, -0.2) is 20.7 Å². The number of nitrogens with zero attached hydrogens (tertiary/aromatic N) is 3. The van der Waals surface area contributed by atoms with Gasteiger partial charge in [0.15, 0.2) is 0 Å². The Bertz CT molecular complexity index is 346. The first-order chi connectivity index (χ1) is 6.41. The molecule has 3 nitrogen and oxygen atoms in total. The number of alkyl halides is 4. The molecule has 2 heterocycles. The van der Waals surface area contributed by atoms with Gasteiger partial charge in [-0.15, -0.1) is 0 Å². The fraction of sp³-hybridized carbons (Fsp3) is 0.714. The second-order valence-electron chi connectivity index (χ2n) is 3.29. The number of hydrogen-bond donors (Lipinski definition) is 0. The van der Waals surface area contributed by atoms with Crippen LogP contribution in [0.1, 0.15) is 18.7 Å². The maximum atomic E-state index is 13.2. The summed E-state index contributed by atoms with van der Waals surface area (Å²) in [5, 5.41) is 3.26. The Balaban J connectivity index is 2.42. The molecule has 0 bridgehead atoms. The van der Waals surface area contributed by atoms with E-state index in [1.165, 1.54) is 0 Å². The highest BCUT2D eigenvalue weighted by Gasteiger charge is 2.48. The van der Waals surface area contributed by atoms with Crippen LogP contribution in [0.25, 0.3) is 0 Å². The lowest BCUT2D eigenvalue weighted by Crippen LogP contribution is -2.30. The van der Waals surface area contributed by atoms with Gasteiger partial charge < -0.3 is 0 Å². The second kappa shape index (κ2) is 2.68. The van der Waals surface area contributed by atoms with Gasteiger partial charge in [0, 0.05) is 12.8 Å². The van der Waals surface area contributed by atoms with E-state index in [1.54, 1.807) is 0 Å². The lowest BCUT2D eigenvalue weighted by Gasteiger charge is -2.19. The summed E-state index contributed by atoms with van der Waals surface area (Å²) in [4.78, 5) is 3.52. The number of rotatable bonds is 0. The Hall–Kier alpha value is -1.14. The molecule has 0 unspecified atom stereocenters. The summed E-state index contributed by atoms with van der Waals surface area (Å²) in [5.74, 6) is -3.45. The van der Waals surface area contributed by atoms with Crippen molar-refractivity contribution in [1.29, 1.82) is 0 Å². The SMILES string of the molecule is FC1(F)CCc2ncnn2C(F)(F)C1. The Kier molecular flexibility index (Phi) is 1.80. The zero-order chi connectivity index (χ0) is 10.4. The second-order valence-corrected chi connectivity index (χ2v) is 3.29. The minimum absolute atomic E-state index is 0.0906. The minimum atomic E-state index is -3.65. The Morgan fingerprint density at radius 2 is 2.00 bits per heavy atom. The van der Waals surface area contributed by atoms with Crippen molar-refractivity contribution in [2.75, 3.05) is 0 Å². The van der Waals surface area contributed by atoms with E-state index in [0.717, 1.165) is 6.33 Å². The molecule has 1 aliphatic rings. The van der Waals surface area contributed by atoms with Gasteiger partial charge in [-0.2, -0.15) is 18.6 Å². The first kappa shape index (κ1) is 9.42. The summed E-state index contributed by atoms with van der Waals surface area (Å²) in [6.45, 7) is 0. The lowest BCUT2D eigenvalue weighted by atomic mass is 10.1. The van der Waals surface area contributed by atoms with Crippen molar-refractivity contribution in [3.05, 3.63) is 12.2 Å². The van der Waals surface area contributed by atoms with Crippen molar-refractivity contribution in [2.45, 2.75) is 31.2 Å². The summed E-state index contributed by atoms with van der Waals surface area (Å²) in [7, 11) is 0. The molecule has 14 heavy (non-hydrogen) atoms. The molecule has 0 saturated carbocycles. The molecule has 0 saturated heterocycles. The molecule has 1 aromatic heterocycles. The van der Waals surface area contributed by atoms with Crippen molar-refractivity contribution < 1.29 is 17.6 Å². The molecule has 2 rings (SSSR count). The van der Waals surface area contributed by atoms with Crippen LogP contribution >= 0.6 is 0 Å². The molecule has 0 radical (unpaired) electrons. The summed E-state index contributed by atoms with van der Waals surface area (Å²) >= 11 is 0. The fourth-order valence-electron chi connectivity index (χ4n) is 1.48. The maximum absolute atomic E-state index is 13.2. The number of halogens is 4. The summed E-state index contributed by atoms with van der Waals surface area (Å²) in [5.41, 5.74) is 0. The van der Waals surface area contributed by atoms with Gasteiger partial charge in [0.05, 0.1) is 6.42 Å². The molecule has 0 fully saturated rings. The Morgan fingerprint density at radius 1 is 1.29 bits per heavy atom. The third-order valence-corrected chi connectivity index (χ3v) is 2.11. The van der Waals surface area contributed by atoms with Crippen molar-refractivity contribution >= 4 is 0 Å². The highest BCUT2D eigenvalue weighted by molar-refractivity contribution is 4.94. The monoisotopic (exact) mass is 209 g/mol.